The number of aromatic nitrogens is 3. The second-order valence-corrected chi connectivity index (χ2v) is 6.34. The van der Waals surface area contributed by atoms with Crippen molar-refractivity contribution in [2.45, 2.75) is 18.0 Å². The number of carbonyl (C=O) groups is 2. The van der Waals surface area contributed by atoms with Crippen LogP contribution in [0, 0.1) is 0 Å². The van der Waals surface area contributed by atoms with Gasteiger partial charge in [0.1, 0.15) is 5.75 Å². The molecule has 7 nitrogen and oxygen atoms in total. The van der Waals surface area contributed by atoms with Gasteiger partial charge in [-0.15, -0.1) is 10.2 Å². The van der Waals surface area contributed by atoms with Crippen molar-refractivity contribution in [3.63, 3.8) is 0 Å². The standard InChI is InChI=1S/C16H18N4O3S/c1-19-15(11-6-3-4-7-12(11)23-2)17-18-16(19)24-10-14(22)20-9-5-8-13(20)21/h3-4,6-7H,5,8-10H2,1-2H3. The molecule has 1 aromatic heterocycles. The Hall–Kier alpha value is -2.35. The summed E-state index contributed by atoms with van der Waals surface area (Å²) in [6, 6.07) is 7.56. The number of methoxy groups -OCH3 is 1. The number of rotatable bonds is 5. The molecular weight excluding hydrogens is 328 g/mol. The van der Waals surface area contributed by atoms with Gasteiger partial charge in [0.15, 0.2) is 11.0 Å². The first-order valence-electron chi connectivity index (χ1n) is 7.60. The van der Waals surface area contributed by atoms with Gasteiger partial charge in [0.05, 0.1) is 18.4 Å². The minimum Gasteiger partial charge on any atom is -0.496 e. The fourth-order valence-electron chi connectivity index (χ4n) is 2.62. The predicted octanol–water partition coefficient (Wildman–Crippen LogP) is 1.73. The molecule has 2 heterocycles. The van der Waals surface area contributed by atoms with E-state index in [2.05, 4.69) is 10.2 Å². The number of hydrogen-bond acceptors (Lipinski definition) is 6. The maximum absolute atomic E-state index is 12.1. The monoisotopic (exact) mass is 346 g/mol. The molecule has 1 aliphatic rings. The molecule has 1 aliphatic heterocycles. The Morgan fingerprint density at radius 1 is 1.33 bits per heavy atom. The second-order valence-electron chi connectivity index (χ2n) is 5.40. The van der Waals surface area contributed by atoms with E-state index in [1.807, 2.05) is 35.9 Å². The zero-order chi connectivity index (χ0) is 17.1. The fourth-order valence-corrected chi connectivity index (χ4v) is 3.41. The lowest BCUT2D eigenvalue weighted by Crippen LogP contribution is -2.33. The first-order valence-corrected chi connectivity index (χ1v) is 8.59. The van der Waals surface area contributed by atoms with Gasteiger partial charge in [-0.05, 0) is 18.6 Å². The lowest BCUT2D eigenvalue weighted by Gasteiger charge is -2.12. The maximum atomic E-state index is 12.1. The Morgan fingerprint density at radius 2 is 2.12 bits per heavy atom. The van der Waals surface area contributed by atoms with Gasteiger partial charge in [0.25, 0.3) is 0 Å². The summed E-state index contributed by atoms with van der Waals surface area (Å²) in [5.41, 5.74) is 0.836. The molecule has 0 radical (unpaired) electrons. The molecule has 3 rings (SSSR count). The number of para-hydroxylation sites is 1. The van der Waals surface area contributed by atoms with Crippen molar-refractivity contribution >= 4 is 23.6 Å². The molecule has 2 aromatic rings. The summed E-state index contributed by atoms with van der Waals surface area (Å²) in [4.78, 5) is 25.1. The minimum atomic E-state index is -0.177. The van der Waals surface area contributed by atoms with E-state index in [1.165, 1.54) is 16.7 Å². The van der Waals surface area contributed by atoms with Gasteiger partial charge in [0.2, 0.25) is 11.8 Å². The Labute approximate surface area is 144 Å². The molecule has 2 amide bonds. The van der Waals surface area contributed by atoms with Crippen LogP contribution in [0.25, 0.3) is 11.4 Å². The average molecular weight is 346 g/mol. The molecule has 0 unspecified atom stereocenters. The average Bonchev–Trinajstić information content (AvgIpc) is 3.18. The highest BCUT2D eigenvalue weighted by atomic mass is 32.2. The Kier molecular flexibility index (Phi) is 4.84. The molecule has 0 spiro atoms. The van der Waals surface area contributed by atoms with Gasteiger partial charge in [0, 0.05) is 20.0 Å². The Morgan fingerprint density at radius 3 is 2.83 bits per heavy atom. The molecule has 0 saturated carbocycles. The largest absolute Gasteiger partial charge is 0.496 e. The zero-order valence-electron chi connectivity index (χ0n) is 13.6. The molecule has 126 valence electrons. The predicted molar refractivity (Wildman–Crippen MR) is 89.7 cm³/mol. The van der Waals surface area contributed by atoms with Gasteiger partial charge < -0.3 is 9.30 Å². The van der Waals surface area contributed by atoms with Gasteiger partial charge in [-0.2, -0.15) is 0 Å². The second kappa shape index (κ2) is 7.04. The molecule has 1 saturated heterocycles. The van der Waals surface area contributed by atoms with Crippen molar-refractivity contribution in [2.75, 3.05) is 19.4 Å². The van der Waals surface area contributed by atoms with E-state index in [0.29, 0.717) is 29.7 Å². The Balaban J connectivity index is 1.73. The SMILES string of the molecule is COc1ccccc1-c1nnc(SCC(=O)N2CCCC2=O)n1C. The van der Waals surface area contributed by atoms with Crippen LogP contribution in [0.15, 0.2) is 29.4 Å². The van der Waals surface area contributed by atoms with Crippen LogP contribution in [0.1, 0.15) is 12.8 Å². The molecule has 0 atom stereocenters. The van der Waals surface area contributed by atoms with Crippen LogP contribution in [0.2, 0.25) is 0 Å². The van der Waals surface area contributed by atoms with Crippen molar-refractivity contribution in [1.29, 1.82) is 0 Å². The molecule has 1 aromatic carbocycles. The van der Waals surface area contributed by atoms with Crippen LogP contribution < -0.4 is 4.74 Å². The summed E-state index contributed by atoms with van der Waals surface area (Å²) in [5.74, 6) is 1.28. The number of likely N-dealkylation sites (tertiary alicyclic amines) is 1. The van der Waals surface area contributed by atoms with E-state index in [9.17, 15) is 9.59 Å². The quantitative estimate of drug-likeness (QED) is 0.768. The van der Waals surface area contributed by atoms with Crippen molar-refractivity contribution in [3.05, 3.63) is 24.3 Å². The number of hydrogen-bond donors (Lipinski definition) is 0. The van der Waals surface area contributed by atoms with Crippen LogP contribution in [-0.4, -0.2) is 50.9 Å². The highest BCUT2D eigenvalue weighted by Gasteiger charge is 2.26. The number of imide groups is 1. The summed E-state index contributed by atoms with van der Waals surface area (Å²) in [5, 5.41) is 8.98. The molecule has 0 bridgehead atoms. The smallest absolute Gasteiger partial charge is 0.239 e. The van der Waals surface area contributed by atoms with E-state index in [0.717, 1.165) is 12.0 Å². The van der Waals surface area contributed by atoms with Gasteiger partial charge in [-0.1, -0.05) is 23.9 Å². The lowest BCUT2D eigenvalue weighted by molar-refractivity contribution is -0.140. The first kappa shape index (κ1) is 16.5. The number of carbonyl (C=O) groups excluding carboxylic acids is 2. The highest BCUT2D eigenvalue weighted by Crippen LogP contribution is 2.30. The third kappa shape index (κ3) is 3.14. The van der Waals surface area contributed by atoms with Crippen LogP contribution >= 0.6 is 11.8 Å². The van der Waals surface area contributed by atoms with E-state index < -0.39 is 0 Å². The van der Waals surface area contributed by atoms with Gasteiger partial charge >= 0.3 is 0 Å². The van der Waals surface area contributed by atoms with E-state index in [1.54, 1.807) is 7.11 Å². The number of nitrogens with zero attached hydrogens (tertiary/aromatic N) is 4. The Bertz CT molecular complexity index is 774. The van der Waals surface area contributed by atoms with Crippen LogP contribution in [0.3, 0.4) is 0 Å². The van der Waals surface area contributed by atoms with Crippen LogP contribution in [0.4, 0.5) is 0 Å². The minimum absolute atomic E-state index is 0.0896. The van der Waals surface area contributed by atoms with Crippen molar-refractivity contribution in [2.24, 2.45) is 7.05 Å². The third-order valence-electron chi connectivity index (χ3n) is 3.88. The highest BCUT2D eigenvalue weighted by molar-refractivity contribution is 7.99. The van der Waals surface area contributed by atoms with Crippen molar-refractivity contribution in [1.82, 2.24) is 19.7 Å². The summed E-state index contributed by atoms with van der Waals surface area (Å²) >= 11 is 1.28. The summed E-state index contributed by atoms with van der Waals surface area (Å²) in [7, 11) is 3.45. The van der Waals surface area contributed by atoms with Gasteiger partial charge in [-0.3, -0.25) is 14.5 Å². The molecular formula is C16H18N4O3S. The molecule has 0 aliphatic carbocycles. The summed E-state index contributed by atoms with van der Waals surface area (Å²) < 4.78 is 7.18. The number of amides is 2. The van der Waals surface area contributed by atoms with E-state index >= 15 is 0 Å². The number of benzene rings is 1. The van der Waals surface area contributed by atoms with Crippen molar-refractivity contribution in [3.8, 4) is 17.1 Å². The molecule has 1 fully saturated rings. The molecule has 0 N–H and O–H groups in total. The summed E-state index contributed by atoms with van der Waals surface area (Å²) in [6.07, 6.45) is 1.20. The van der Waals surface area contributed by atoms with E-state index in [4.69, 9.17) is 4.74 Å². The number of thioether (sulfide) groups is 1. The number of ether oxygens (including phenoxy) is 1. The first-order chi connectivity index (χ1) is 11.6. The topological polar surface area (TPSA) is 77.3 Å². The van der Waals surface area contributed by atoms with Crippen LogP contribution in [-0.2, 0) is 16.6 Å². The van der Waals surface area contributed by atoms with Gasteiger partial charge in [-0.25, -0.2) is 0 Å². The maximum Gasteiger partial charge on any atom is 0.239 e. The third-order valence-corrected chi connectivity index (χ3v) is 4.89. The summed E-state index contributed by atoms with van der Waals surface area (Å²) in [6.45, 7) is 0.517. The van der Waals surface area contributed by atoms with Crippen molar-refractivity contribution < 1.29 is 14.3 Å². The fraction of sp³-hybridized carbons (Fsp3) is 0.375. The molecule has 24 heavy (non-hydrogen) atoms. The normalized spacial score (nSPS) is 14.2. The zero-order valence-corrected chi connectivity index (χ0v) is 14.4. The molecule has 8 heteroatoms. The lowest BCUT2D eigenvalue weighted by atomic mass is 10.2. The van der Waals surface area contributed by atoms with E-state index in [-0.39, 0.29) is 17.6 Å². The van der Waals surface area contributed by atoms with Crippen LogP contribution in [0.5, 0.6) is 5.75 Å².